The van der Waals surface area contributed by atoms with Crippen molar-refractivity contribution in [3.8, 4) is 0 Å². The van der Waals surface area contributed by atoms with Crippen molar-refractivity contribution in [2.45, 2.75) is 45.1 Å². The number of anilines is 1. The number of carbonyl (C=O) groups is 3. The summed E-state index contributed by atoms with van der Waals surface area (Å²) in [5.41, 5.74) is 0.658. The van der Waals surface area contributed by atoms with Gasteiger partial charge in [-0.25, -0.2) is 4.79 Å². The van der Waals surface area contributed by atoms with Crippen LogP contribution in [0.15, 0.2) is 24.3 Å². The highest BCUT2D eigenvalue weighted by atomic mass is 16.4. The Morgan fingerprint density at radius 3 is 2.65 bits per heavy atom. The number of carbonyl (C=O) groups excluding carboxylic acids is 2. The van der Waals surface area contributed by atoms with Crippen LogP contribution in [0.4, 0.5) is 5.69 Å². The number of hydrogen-bond acceptors (Lipinski definition) is 3. The lowest BCUT2D eigenvalue weighted by Crippen LogP contribution is -2.52. The van der Waals surface area contributed by atoms with Crippen LogP contribution < -0.4 is 10.2 Å². The number of carboxylic acids is 1. The second-order valence-electron chi connectivity index (χ2n) is 5.96. The molecule has 0 aromatic heterocycles. The number of nitrogens with one attached hydrogen (secondary N) is 1. The van der Waals surface area contributed by atoms with Gasteiger partial charge in [0.15, 0.2) is 0 Å². The first-order valence-electron chi connectivity index (χ1n) is 7.80. The van der Waals surface area contributed by atoms with Gasteiger partial charge < -0.3 is 15.3 Å². The van der Waals surface area contributed by atoms with E-state index in [4.69, 9.17) is 0 Å². The number of rotatable bonds is 6. The minimum atomic E-state index is -1.28. The first-order valence-corrected chi connectivity index (χ1v) is 7.80. The zero-order chi connectivity index (χ0) is 17.0. The van der Waals surface area contributed by atoms with Crippen LogP contribution >= 0.6 is 0 Å². The molecule has 0 fully saturated rings. The van der Waals surface area contributed by atoms with E-state index in [1.807, 2.05) is 24.3 Å². The third kappa shape index (κ3) is 3.70. The number of amides is 2. The SMILES string of the molecule is CCC(C)(NC(=O)CCN1C(=O)CCc2ccccc21)C(=O)O. The predicted molar refractivity (Wildman–Crippen MR) is 86.2 cm³/mol. The van der Waals surface area contributed by atoms with E-state index in [9.17, 15) is 19.5 Å². The van der Waals surface area contributed by atoms with E-state index in [1.54, 1.807) is 11.8 Å². The molecule has 0 aliphatic carbocycles. The third-order valence-electron chi connectivity index (χ3n) is 4.35. The fraction of sp³-hybridized carbons (Fsp3) is 0.471. The molecule has 1 aromatic carbocycles. The number of aliphatic carboxylic acids is 1. The lowest BCUT2D eigenvalue weighted by molar-refractivity contribution is -0.147. The van der Waals surface area contributed by atoms with Crippen molar-refractivity contribution in [2.75, 3.05) is 11.4 Å². The quantitative estimate of drug-likeness (QED) is 0.836. The van der Waals surface area contributed by atoms with E-state index in [0.29, 0.717) is 19.3 Å². The number of nitrogens with zero attached hydrogens (tertiary/aromatic N) is 1. The number of aryl methyl sites for hydroxylation is 1. The third-order valence-corrected chi connectivity index (χ3v) is 4.35. The highest BCUT2D eigenvalue weighted by molar-refractivity contribution is 5.97. The summed E-state index contributed by atoms with van der Waals surface area (Å²) in [7, 11) is 0. The van der Waals surface area contributed by atoms with Crippen molar-refractivity contribution in [3.05, 3.63) is 29.8 Å². The molecule has 124 valence electrons. The van der Waals surface area contributed by atoms with E-state index in [2.05, 4.69) is 5.32 Å². The van der Waals surface area contributed by atoms with Gasteiger partial charge in [0, 0.05) is 25.1 Å². The van der Waals surface area contributed by atoms with Gasteiger partial charge in [0.25, 0.3) is 0 Å². The van der Waals surface area contributed by atoms with Crippen LogP contribution in [0.3, 0.4) is 0 Å². The molecule has 0 bridgehead atoms. The largest absolute Gasteiger partial charge is 0.480 e. The molecule has 23 heavy (non-hydrogen) atoms. The van der Waals surface area contributed by atoms with Gasteiger partial charge in [0.2, 0.25) is 11.8 Å². The predicted octanol–water partition coefficient (Wildman–Crippen LogP) is 1.73. The van der Waals surface area contributed by atoms with Crippen LogP contribution in [-0.2, 0) is 20.8 Å². The van der Waals surface area contributed by atoms with E-state index in [0.717, 1.165) is 11.3 Å². The van der Waals surface area contributed by atoms with Crippen molar-refractivity contribution in [3.63, 3.8) is 0 Å². The first kappa shape index (κ1) is 17.0. The number of para-hydroxylation sites is 1. The highest BCUT2D eigenvalue weighted by Gasteiger charge is 2.33. The minimum absolute atomic E-state index is 0.00649. The second-order valence-corrected chi connectivity index (χ2v) is 5.96. The van der Waals surface area contributed by atoms with Gasteiger partial charge in [0.1, 0.15) is 5.54 Å². The van der Waals surface area contributed by atoms with Gasteiger partial charge in [-0.05, 0) is 31.4 Å². The Bertz CT molecular complexity index is 629. The molecule has 1 aliphatic rings. The molecule has 0 saturated heterocycles. The van der Waals surface area contributed by atoms with E-state index in [1.165, 1.54) is 6.92 Å². The zero-order valence-corrected chi connectivity index (χ0v) is 13.5. The Balaban J connectivity index is 2.02. The first-order chi connectivity index (χ1) is 10.9. The molecule has 2 amide bonds. The average molecular weight is 318 g/mol. The average Bonchev–Trinajstić information content (AvgIpc) is 2.53. The maximum absolute atomic E-state index is 12.1. The minimum Gasteiger partial charge on any atom is -0.480 e. The monoisotopic (exact) mass is 318 g/mol. The van der Waals surface area contributed by atoms with Gasteiger partial charge in [0.05, 0.1) is 0 Å². The maximum Gasteiger partial charge on any atom is 0.329 e. The molecule has 1 heterocycles. The molecule has 1 aromatic rings. The van der Waals surface area contributed by atoms with Gasteiger partial charge in [-0.15, -0.1) is 0 Å². The van der Waals surface area contributed by atoms with Gasteiger partial charge in [-0.1, -0.05) is 25.1 Å². The van der Waals surface area contributed by atoms with E-state index in [-0.39, 0.29) is 24.8 Å². The summed E-state index contributed by atoms with van der Waals surface area (Å²) in [4.78, 5) is 37.0. The molecule has 1 unspecified atom stereocenters. The Hall–Kier alpha value is -2.37. The van der Waals surface area contributed by atoms with Crippen LogP contribution in [0, 0.1) is 0 Å². The van der Waals surface area contributed by atoms with Gasteiger partial charge in [-0.2, -0.15) is 0 Å². The molecule has 1 aliphatic heterocycles. The molecule has 2 N–H and O–H groups in total. The standard InChI is InChI=1S/C17H22N2O4/c1-3-17(2,16(22)23)18-14(20)10-11-19-13-7-5-4-6-12(13)8-9-15(19)21/h4-7H,3,8-11H2,1-2H3,(H,18,20)(H,22,23). The summed E-state index contributed by atoms with van der Waals surface area (Å²) in [6, 6.07) is 7.65. The molecule has 6 nitrogen and oxygen atoms in total. The van der Waals surface area contributed by atoms with Crippen LogP contribution in [-0.4, -0.2) is 35.0 Å². The van der Waals surface area contributed by atoms with E-state index >= 15 is 0 Å². The molecular formula is C17H22N2O4. The van der Waals surface area contributed by atoms with Crippen molar-refractivity contribution in [2.24, 2.45) is 0 Å². The normalized spacial score (nSPS) is 16.4. The summed E-state index contributed by atoms with van der Waals surface area (Å²) >= 11 is 0. The van der Waals surface area contributed by atoms with Crippen molar-refractivity contribution in [1.82, 2.24) is 5.32 Å². The van der Waals surface area contributed by atoms with Crippen LogP contribution in [0.2, 0.25) is 0 Å². The van der Waals surface area contributed by atoms with Crippen LogP contribution in [0.25, 0.3) is 0 Å². The smallest absolute Gasteiger partial charge is 0.329 e. The van der Waals surface area contributed by atoms with Crippen LogP contribution in [0.5, 0.6) is 0 Å². The van der Waals surface area contributed by atoms with Crippen molar-refractivity contribution >= 4 is 23.5 Å². The van der Waals surface area contributed by atoms with Crippen LogP contribution in [0.1, 0.15) is 38.7 Å². The highest BCUT2D eigenvalue weighted by Crippen LogP contribution is 2.27. The summed E-state index contributed by atoms with van der Waals surface area (Å²) < 4.78 is 0. The zero-order valence-electron chi connectivity index (χ0n) is 13.5. The second kappa shape index (κ2) is 6.81. The van der Waals surface area contributed by atoms with E-state index < -0.39 is 11.5 Å². The van der Waals surface area contributed by atoms with Gasteiger partial charge in [-0.3, -0.25) is 9.59 Å². The molecular weight excluding hydrogens is 296 g/mol. The molecule has 1 atom stereocenters. The molecule has 0 radical (unpaired) electrons. The van der Waals surface area contributed by atoms with Crippen molar-refractivity contribution < 1.29 is 19.5 Å². The molecule has 0 spiro atoms. The Kier molecular flexibility index (Phi) is 5.03. The van der Waals surface area contributed by atoms with Gasteiger partial charge >= 0.3 is 5.97 Å². The lowest BCUT2D eigenvalue weighted by Gasteiger charge is -2.30. The summed E-state index contributed by atoms with van der Waals surface area (Å²) in [6.07, 6.45) is 1.51. The topological polar surface area (TPSA) is 86.7 Å². The lowest BCUT2D eigenvalue weighted by atomic mass is 9.98. The number of carboxylic acid groups (broad SMARTS) is 1. The Morgan fingerprint density at radius 1 is 1.30 bits per heavy atom. The number of hydrogen-bond donors (Lipinski definition) is 2. The summed E-state index contributed by atoms with van der Waals surface area (Å²) in [5, 5.41) is 11.7. The number of benzene rings is 1. The molecule has 0 saturated carbocycles. The summed E-state index contributed by atoms with van der Waals surface area (Å²) in [5.74, 6) is -1.44. The molecule has 2 rings (SSSR count). The Labute approximate surface area is 135 Å². The summed E-state index contributed by atoms with van der Waals surface area (Å²) in [6.45, 7) is 3.44. The number of fused-ring (bicyclic) bond motifs is 1. The maximum atomic E-state index is 12.1. The fourth-order valence-corrected chi connectivity index (χ4v) is 2.62. The van der Waals surface area contributed by atoms with Crippen molar-refractivity contribution in [1.29, 1.82) is 0 Å². The molecule has 6 heteroatoms. The fourth-order valence-electron chi connectivity index (χ4n) is 2.62. The Morgan fingerprint density at radius 2 is 2.00 bits per heavy atom.